The van der Waals surface area contributed by atoms with Gasteiger partial charge in [-0.05, 0) is 71.2 Å². The van der Waals surface area contributed by atoms with Gasteiger partial charge in [0.2, 0.25) is 0 Å². The van der Waals surface area contributed by atoms with Gasteiger partial charge in [0.05, 0.1) is 16.9 Å². The molecule has 1 amide bonds. The van der Waals surface area contributed by atoms with E-state index < -0.39 is 23.1 Å². The van der Waals surface area contributed by atoms with Gasteiger partial charge in [0.15, 0.2) is 17.2 Å². The second kappa shape index (κ2) is 9.37. The summed E-state index contributed by atoms with van der Waals surface area (Å²) in [4.78, 5) is 16.7. The van der Waals surface area contributed by atoms with Crippen LogP contribution < -0.4 is 10.1 Å². The minimum Gasteiger partial charge on any atom is -0.488 e. The van der Waals surface area contributed by atoms with Crippen molar-refractivity contribution < 1.29 is 18.7 Å². The lowest BCUT2D eigenvalue weighted by Gasteiger charge is -2.33. The molecule has 2 aromatic heterocycles. The van der Waals surface area contributed by atoms with Crippen molar-refractivity contribution in [3.05, 3.63) is 48.0 Å². The van der Waals surface area contributed by atoms with Crippen molar-refractivity contribution >= 4 is 11.7 Å². The number of ether oxygens (including phenoxy) is 2. The molecule has 33 heavy (non-hydrogen) atoms. The molecule has 0 spiro atoms. The van der Waals surface area contributed by atoms with Gasteiger partial charge in [-0.15, -0.1) is 0 Å². The number of nitrogens with zero attached hydrogens (tertiary/aromatic N) is 3. The topological polar surface area (TPSA) is 77.8 Å². The molecule has 0 saturated carbocycles. The lowest BCUT2D eigenvalue weighted by molar-refractivity contribution is 0.0406. The van der Waals surface area contributed by atoms with Crippen LogP contribution in [0.4, 0.5) is 9.18 Å². The summed E-state index contributed by atoms with van der Waals surface area (Å²) in [5.41, 5.74) is 1.57. The summed E-state index contributed by atoms with van der Waals surface area (Å²) in [6, 6.07) is 8.45. The van der Waals surface area contributed by atoms with Crippen molar-refractivity contribution in [2.24, 2.45) is 5.92 Å². The number of aryl methyl sites for hydroxylation is 1. The van der Waals surface area contributed by atoms with Crippen LogP contribution in [0.3, 0.4) is 0 Å². The van der Waals surface area contributed by atoms with E-state index in [1.165, 1.54) is 6.07 Å². The summed E-state index contributed by atoms with van der Waals surface area (Å²) in [5, 5.41) is 7.34. The summed E-state index contributed by atoms with van der Waals surface area (Å²) >= 11 is 0. The largest absolute Gasteiger partial charge is 0.488 e. The quantitative estimate of drug-likeness (QED) is 0.504. The molecule has 0 fully saturated rings. The summed E-state index contributed by atoms with van der Waals surface area (Å²) in [7, 11) is 0. The van der Waals surface area contributed by atoms with E-state index in [-0.39, 0.29) is 18.3 Å². The van der Waals surface area contributed by atoms with Crippen molar-refractivity contribution in [2.45, 2.75) is 66.0 Å². The molecule has 178 valence electrons. The van der Waals surface area contributed by atoms with Crippen LogP contribution in [0.1, 0.15) is 53.7 Å². The molecule has 0 bridgehead atoms. The highest BCUT2D eigenvalue weighted by atomic mass is 19.1. The predicted octanol–water partition coefficient (Wildman–Crippen LogP) is 5.55. The van der Waals surface area contributed by atoms with Crippen LogP contribution in [0.25, 0.3) is 16.9 Å². The molecule has 1 atom stereocenters. The fourth-order valence-electron chi connectivity index (χ4n) is 3.84. The molecule has 0 aliphatic carbocycles. The Kier molecular flexibility index (Phi) is 6.95. The van der Waals surface area contributed by atoms with Gasteiger partial charge in [0.25, 0.3) is 0 Å². The van der Waals surface area contributed by atoms with E-state index in [0.717, 1.165) is 11.4 Å². The summed E-state index contributed by atoms with van der Waals surface area (Å²) in [6.07, 6.45) is 1.79. The van der Waals surface area contributed by atoms with Gasteiger partial charge < -0.3 is 14.8 Å². The molecule has 0 radical (unpaired) electrons. The number of amides is 1. The standard InChI is InChI=1S/C25H33FN4O3/c1-16(2)14-25(7,28-23(31)33-24(4,5)6)15-32-21-9-8-18(13-19(21)26)20-10-11-27-22-12-17(3)29-30(20)22/h8-13,16H,14-15H2,1-7H3,(H,28,31)/t25-/m0/s1. The van der Waals surface area contributed by atoms with Crippen LogP contribution in [-0.2, 0) is 4.74 Å². The average molecular weight is 457 g/mol. The Morgan fingerprint density at radius 2 is 1.91 bits per heavy atom. The van der Waals surface area contributed by atoms with E-state index in [0.29, 0.717) is 17.6 Å². The highest BCUT2D eigenvalue weighted by Crippen LogP contribution is 2.27. The number of benzene rings is 1. The van der Waals surface area contributed by atoms with Gasteiger partial charge in [-0.1, -0.05) is 13.8 Å². The number of alkyl carbamates (subject to hydrolysis) is 1. The minimum absolute atomic E-state index is 0.0958. The van der Waals surface area contributed by atoms with Crippen LogP contribution in [0.15, 0.2) is 36.5 Å². The second-order valence-electron chi connectivity index (χ2n) is 10.1. The maximum atomic E-state index is 15.0. The van der Waals surface area contributed by atoms with Crippen LogP contribution in [0.2, 0.25) is 0 Å². The van der Waals surface area contributed by atoms with Gasteiger partial charge in [0, 0.05) is 17.8 Å². The minimum atomic E-state index is -0.731. The van der Waals surface area contributed by atoms with Gasteiger partial charge in [0.1, 0.15) is 12.2 Å². The third kappa shape index (κ3) is 6.43. The van der Waals surface area contributed by atoms with Crippen molar-refractivity contribution in [2.75, 3.05) is 6.61 Å². The number of rotatable bonds is 7. The Morgan fingerprint density at radius 3 is 2.55 bits per heavy atom. The summed E-state index contributed by atoms with van der Waals surface area (Å²) in [6.45, 7) is 13.4. The third-order valence-corrected chi connectivity index (χ3v) is 4.92. The molecule has 7 nitrogen and oxygen atoms in total. The molecule has 1 N–H and O–H groups in total. The van der Waals surface area contributed by atoms with Gasteiger partial charge in [-0.2, -0.15) is 5.10 Å². The number of carbonyl (C=O) groups excluding carboxylic acids is 1. The van der Waals surface area contributed by atoms with Gasteiger partial charge >= 0.3 is 6.09 Å². The number of nitrogens with one attached hydrogen (secondary N) is 1. The number of hydrogen-bond donors (Lipinski definition) is 1. The zero-order valence-electron chi connectivity index (χ0n) is 20.4. The molecule has 1 aromatic carbocycles. The van der Waals surface area contributed by atoms with E-state index in [1.54, 1.807) is 49.7 Å². The number of hydrogen-bond acceptors (Lipinski definition) is 5. The molecule has 2 heterocycles. The lowest BCUT2D eigenvalue weighted by atomic mass is 9.91. The lowest BCUT2D eigenvalue weighted by Crippen LogP contribution is -2.52. The van der Waals surface area contributed by atoms with Gasteiger partial charge in [-0.3, -0.25) is 0 Å². The second-order valence-corrected chi connectivity index (χ2v) is 10.1. The van der Waals surface area contributed by atoms with E-state index >= 15 is 0 Å². The number of fused-ring (bicyclic) bond motifs is 1. The summed E-state index contributed by atoms with van der Waals surface area (Å²) in [5.74, 6) is -0.0976. The molecule has 3 rings (SSSR count). The first-order valence-corrected chi connectivity index (χ1v) is 11.1. The monoisotopic (exact) mass is 456 g/mol. The van der Waals surface area contributed by atoms with E-state index in [2.05, 4.69) is 29.2 Å². The smallest absolute Gasteiger partial charge is 0.408 e. The molecule has 0 aliphatic rings. The average Bonchev–Trinajstić information content (AvgIpc) is 3.04. The Hall–Kier alpha value is -3.16. The molecular formula is C25H33FN4O3. The van der Waals surface area contributed by atoms with E-state index in [9.17, 15) is 9.18 Å². The molecule has 8 heteroatoms. The fraction of sp³-hybridized carbons (Fsp3) is 0.480. The Labute approximate surface area is 194 Å². The van der Waals surface area contributed by atoms with Crippen LogP contribution in [0.5, 0.6) is 5.75 Å². The highest BCUT2D eigenvalue weighted by molar-refractivity contribution is 5.68. The third-order valence-electron chi connectivity index (χ3n) is 4.92. The van der Waals surface area contributed by atoms with E-state index in [4.69, 9.17) is 9.47 Å². The van der Waals surface area contributed by atoms with Crippen molar-refractivity contribution in [1.29, 1.82) is 0 Å². The molecule has 3 aromatic rings. The Morgan fingerprint density at radius 1 is 1.18 bits per heavy atom. The van der Waals surface area contributed by atoms with Crippen molar-refractivity contribution in [3.8, 4) is 17.0 Å². The zero-order chi connectivity index (χ0) is 24.4. The molecule has 0 aliphatic heterocycles. The molecular weight excluding hydrogens is 423 g/mol. The maximum Gasteiger partial charge on any atom is 0.408 e. The number of halogens is 1. The van der Waals surface area contributed by atoms with E-state index in [1.807, 2.05) is 19.9 Å². The van der Waals surface area contributed by atoms with Crippen LogP contribution in [-0.4, -0.2) is 38.4 Å². The highest BCUT2D eigenvalue weighted by Gasteiger charge is 2.31. The predicted molar refractivity (Wildman–Crippen MR) is 126 cm³/mol. The van der Waals surface area contributed by atoms with Crippen LogP contribution in [0, 0.1) is 18.7 Å². The van der Waals surface area contributed by atoms with Gasteiger partial charge in [-0.25, -0.2) is 18.7 Å². The zero-order valence-corrected chi connectivity index (χ0v) is 20.4. The normalized spacial score (nSPS) is 13.7. The summed E-state index contributed by atoms with van der Waals surface area (Å²) < 4.78 is 27.9. The first-order chi connectivity index (χ1) is 15.3. The van der Waals surface area contributed by atoms with Crippen molar-refractivity contribution in [3.63, 3.8) is 0 Å². The molecule has 0 unspecified atom stereocenters. The first-order valence-electron chi connectivity index (χ1n) is 11.1. The van der Waals surface area contributed by atoms with Crippen molar-refractivity contribution in [1.82, 2.24) is 19.9 Å². The Bertz CT molecular complexity index is 1140. The SMILES string of the molecule is Cc1cc2nccc(-c3ccc(OC[C@](C)(CC(C)C)NC(=O)OC(C)(C)C)c(F)c3)n2n1. The number of carbonyl (C=O) groups is 1. The fourth-order valence-corrected chi connectivity index (χ4v) is 3.84. The Balaban J connectivity index is 1.78. The molecule has 0 saturated heterocycles. The first kappa shape index (κ1) is 24.5. The number of aromatic nitrogens is 3. The maximum absolute atomic E-state index is 15.0. The van der Waals surface area contributed by atoms with Crippen LogP contribution >= 0.6 is 0 Å².